The van der Waals surface area contributed by atoms with Gasteiger partial charge in [0.1, 0.15) is 0 Å². The van der Waals surface area contributed by atoms with Crippen molar-refractivity contribution in [1.82, 2.24) is 4.31 Å². The van der Waals surface area contributed by atoms with Gasteiger partial charge in [0, 0.05) is 37.8 Å². The molecule has 2 fully saturated rings. The number of anilines is 1. The summed E-state index contributed by atoms with van der Waals surface area (Å²) >= 11 is 0. The van der Waals surface area contributed by atoms with E-state index in [0.717, 1.165) is 12.1 Å². The van der Waals surface area contributed by atoms with E-state index in [1.807, 2.05) is 0 Å². The van der Waals surface area contributed by atoms with E-state index < -0.39 is 10.0 Å². The quantitative estimate of drug-likeness (QED) is 0.897. The lowest BCUT2D eigenvalue weighted by atomic mass is 10.1. The average molecular weight is 323 g/mol. The van der Waals surface area contributed by atoms with Crippen molar-refractivity contribution in [3.63, 3.8) is 0 Å². The minimum atomic E-state index is -3.46. The van der Waals surface area contributed by atoms with Crippen LogP contribution in [-0.4, -0.2) is 44.3 Å². The molecule has 1 aromatic rings. The van der Waals surface area contributed by atoms with Gasteiger partial charge in [0.05, 0.1) is 4.90 Å². The lowest BCUT2D eigenvalue weighted by molar-refractivity contribution is -0.117. The summed E-state index contributed by atoms with van der Waals surface area (Å²) in [6, 6.07) is 6.70. The van der Waals surface area contributed by atoms with Crippen LogP contribution in [0, 0.1) is 0 Å². The molecule has 7 heteroatoms. The fourth-order valence-electron chi connectivity index (χ4n) is 2.98. The highest BCUT2D eigenvalue weighted by Crippen LogP contribution is 2.25. The van der Waals surface area contributed by atoms with Crippen molar-refractivity contribution in [2.75, 3.05) is 24.5 Å². The Morgan fingerprint density at radius 1 is 1.05 bits per heavy atom. The van der Waals surface area contributed by atoms with E-state index in [4.69, 9.17) is 5.73 Å². The smallest absolute Gasteiger partial charge is 0.243 e. The van der Waals surface area contributed by atoms with Gasteiger partial charge in [-0.3, -0.25) is 4.79 Å². The van der Waals surface area contributed by atoms with Crippen LogP contribution in [0.15, 0.2) is 29.2 Å². The number of carbonyl (C=O) groups is 1. The third-order valence-electron chi connectivity index (χ3n) is 4.36. The van der Waals surface area contributed by atoms with E-state index in [9.17, 15) is 13.2 Å². The molecule has 2 heterocycles. The maximum atomic E-state index is 12.6. The van der Waals surface area contributed by atoms with Gasteiger partial charge in [-0.15, -0.1) is 0 Å². The molecule has 2 N–H and O–H groups in total. The first kappa shape index (κ1) is 15.5. The molecule has 0 aliphatic carbocycles. The Bertz CT molecular complexity index is 649. The van der Waals surface area contributed by atoms with Gasteiger partial charge in [-0.1, -0.05) is 0 Å². The van der Waals surface area contributed by atoms with Crippen molar-refractivity contribution < 1.29 is 13.2 Å². The highest BCUT2D eigenvalue weighted by molar-refractivity contribution is 7.89. The van der Waals surface area contributed by atoms with Crippen LogP contribution in [-0.2, 0) is 14.8 Å². The molecule has 1 amide bonds. The summed E-state index contributed by atoms with van der Waals surface area (Å²) in [5.41, 5.74) is 6.59. The second kappa shape index (κ2) is 5.98. The van der Waals surface area contributed by atoms with Crippen LogP contribution in [0.4, 0.5) is 5.69 Å². The SMILES string of the molecule is NC1CCN(S(=O)(=O)c2ccc(N3CCCC3=O)cc2)CC1. The first-order valence-corrected chi connectivity index (χ1v) is 9.08. The number of nitrogens with zero attached hydrogens (tertiary/aromatic N) is 2. The highest BCUT2D eigenvalue weighted by atomic mass is 32.2. The zero-order valence-corrected chi connectivity index (χ0v) is 13.3. The Labute approximate surface area is 130 Å². The summed E-state index contributed by atoms with van der Waals surface area (Å²) in [6.45, 7) is 1.64. The summed E-state index contributed by atoms with van der Waals surface area (Å²) in [4.78, 5) is 13.7. The standard InChI is InChI=1S/C15H21N3O3S/c16-12-7-10-17(11-8-12)22(20,21)14-5-3-13(4-6-14)18-9-1-2-15(18)19/h3-6,12H,1-2,7-11,16H2. The first-order chi connectivity index (χ1) is 10.5. The van der Waals surface area contributed by atoms with Gasteiger partial charge in [0.2, 0.25) is 15.9 Å². The summed E-state index contributed by atoms with van der Waals surface area (Å²) in [5.74, 6) is 0.0978. The topological polar surface area (TPSA) is 83.7 Å². The molecule has 3 rings (SSSR count). The number of hydrogen-bond donors (Lipinski definition) is 1. The van der Waals surface area contributed by atoms with Crippen LogP contribution in [0.1, 0.15) is 25.7 Å². The van der Waals surface area contributed by atoms with Crippen LogP contribution < -0.4 is 10.6 Å². The maximum Gasteiger partial charge on any atom is 0.243 e. The van der Waals surface area contributed by atoms with Crippen molar-refractivity contribution in [2.24, 2.45) is 5.73 Å². The third kappa shape index (κ3) is 2.88. The monoisotopic (exact) mass is 323 g/mol. The molecule has 0 radical (unpaired) electrons. The Kier molecular flexibility index (Phi) is 4.20. The van der Waals surface area contributed by atoms with Crippen molar-refractivity contribution in [2.45, 2.75) is 36.6 Å². The second-order valence-electron chi connectivity index (χ2n) is 5.88. The number of piperidine rings is 1. The van der Waals surface area contributed by atoms with Gasteiger partial charge >= 0.3 is 0 Å². The fourth-order valence-corrected chi connectivity index (χ4v) is 4.45. The number of benzene rings is 1. The van der Waals surface area contributed by atoms with Gasteiger partial charge in [-0.2, -0.15) is 4.31 Å². The molecule has 0 spiro atoms. The van der Waals surface area contributed by atoms with E-state index in [-0.39, 0.29) is 16.8 Å². The first-order valence-electron chi connectivity index (χ1n) is 7.64. The maximum absolute atomic E-state index is 12.6. The molecule has 0 aromatic heterocycles. The lowest BCUT2D eigenvalue weighted by Crippen LogP contribution is -2.42. The van der Waals surface area contributed by atoms with E-state index in [1.54, 1.807) is 29.2 Å². The van der Waals surface area contributed by atoms with Gasteiger partial charge in [0.15, 0.2) is 0 Å². The predicted molar refractivity (Wildman–Crippen MR) is 84.0 cm³/mol. The average Bonchev–Trinajstić information content (AvgIpc) is 2.94. The zero-order valence-electron chi connectivity index (χ0n) is 12.4. The van der Waals surface area contributed by atoms with Gasteiger partial charge in [0.25, 0.3) is 0 Å². The molecular weight excluding hydrogens is 302 g/mol. The van der Waals surface area contributed by atoms with Crippen LogP contribution >= 0.6 is 0 Å². The Morgan fingerprint density at radius 3 is 2.23 bits per heavy atom. The van der Waals surface area contributed by atoms with E-state index in [0.29, 0.717) is 38.9 Å². The summed E-state index contributed by atoms with van der Waals surface area (Å²) < 4.78 is 26.7. The molecule has 1 aromatic carbocycles. The highest BCUT2D eigenvalue weighted by Gasteiger charge is 2.28. The van der Waals surface area contributed by atoms with Crippen LogP contribution in [0.2, 0.25) is 0 Å². The number of rotatable bonds is 3. The number of nitrogens with two attached hydrogens (primary N) is 1. The van der Waals surface area contributed by atoms with Crippen LogP contribution in [0.25, 0.3) is 0 Å². The van der Waals surface area contributed by atoms with Crippen molar-refractivity contribution in [3.8, 4) is 0 Å². The molecule has 2 aliphatic rings. The van der Waals surface area contributed by atoms with Gasteiger partial charge < -0.3 is 10.6 Å². The molecule has 2 aliphatic heterocycles. The van der Waals surface area contributed by atoms with Crippen molar-refractivity contribution in [1.29, 1.82) is 0 Å². The third-order valence-corrected chi connectivity index (χ3v) is 6.27. The molecule has 120 valence electrons. The molecule has 2 saturated heterocycles. The molecule has 0 unspecified atom stereocenters. The number of carbonyl (C=O) groups excluding carboxylic acids is 1. The number of amides is 1. The van der Waals surface area contributed by atoms with Crippen molar-refractivity contribution in [3.05, 3.63) is 24.3 Å². The van der Waals surface area contributed by atoms with Crippen molar-refractivity contribution >= 4 is 21.6 Å². The molecule has 22 heavy (non-hydrogen) atoms. The van der Waals surface area contributed by atoms with Gasteiger partial charge in [-0.05, 0) is 43.5 Å². The number of hydrogen-bond acceptors (Lipinski definition) is 4. The van der Waals surface area contributed by atoms with Crippen LogP contribution in [0.3, 0.4) is 0 Å². The minimum absolute atomic E-state index is 0.0926. The summed E-state index contributed by atoms with van der Waals surface area (Å²) in [6.07, 6.45) is 2.81. The second-order valence-corrected chi connectivity index (χ2v) is 7.82. The zero-order chi connectivity index (χ0) is 15.7. The number of sulfonamides is 1. The Hall–Kier alpha value is -1.44. The fraction of sp³-hybridized carbons (Fsp3) is 0.533. The molecule has 0 bridgehead atoms. The lowest BCUT2D eigenvalue weighted by Gasteiger charge is -2.29. The molecular formula is C15H21N3O3S. The minimum Gasteiger partial charge on any atom is -0.328 e. The molecule has 0 saturated carbocycles. The Balaban J connectivity index is 1.78. The summed E-state index contributed by atoms with van der Waals surface area (Å²) in [7, 11) is -3.46. The normalized spacial score (nSPS) is 21.5. The molecule has 6 nitrogen and oxygen atoms in total. The van der Waals surface area contributed by atoms with E-state index in [1.165, 1.54) is 4.31 Å². The molecule has 0 atom stereocenters. The van der Waals surface area contributed by atoms with Gasteiger partial charge in [-0.25, -0.2) is 8.42 Å². The predicted octanol–water partition coefficient (Wildman–Crippen LogP) is 0.925. The summed E-state index contributed by atoms with van der Waals surface area (Å²) in [5, 5.41) is 0. The van der Waals surface area contributed by atoms with E-state index in [2.05, 4.69) is 0 Å². The van der Waals surface area contributed by atoms with E-state index >= 15 is 0 Å². The van der Waals surface area contributed by atoms with Crippen LogP contribution in [0.5, 0.6) is 0 Å². The largest absolute Gasteiger partial charge is 0.328 e. The Morgan fingerprint density at radius 2 is 1.68 bits per heavy atom.